The fraction of sp³-hybridized carbons (Fsp3) is 0.577. The summed E-state index contributed by atoms with van der Waals surface area (Å²) in [5.74, 6) is 17.9. The van der Waals surface area contributed by atoms with Gasteiger partial charge in [-0.15, -0.1) is 0 Å². The molecule has 29 heavy (non-hydrogen) atoms. The average Bonchev–Trinajstić information content (AvgIpc) is 2.72. The summed E-state index contributed by atoms with van der Waals surface area (Å²) in [5.41, 5.74) is 0. The number of rotatable bonds is 14. The van der Waals surface area contributed by atoms with Gasteiger partial charge in [0, 0.05) is 19.3 Å². The van der Waals surface area contributed by atoms with Gasteiger partial charge in [0.05, 0.1) is 6.61 Å². The van der Waals surface area contributed by atoms with Crippen molar-refractivity contribution in [2.75, 3.05) is 6.61 Å². The Kier molecular flexibility index (Phi) is 22.6. The summed E-state index contributed by atoms with van der Waals surface area (Å²) in [5, 5.41) is 0. The molecule has 0 atom stereocenters. The molecule has 0 amide bonds. The fourth-order valence-electron chi connectivity index (χ4n) is 2.37. The Morgan fingerprint density at radius 3 is 2.24 bits per heavy atom. The number of hydrogen-bond acceptors (Lipinski definition) is 2. The van der Waals surface area contributed by atoms with Gasteiger partial charge in [0.25, 0.3) is 0 Å². The highest BCUT2D eigenvalue weighted by Gasteiger charge is 2.01. The molecule has 0 aromatic carbocycles. The number of carbonyl (C=O) groups excluding carboxylic acids is 1. The van der Waals surface area contributed by atoms with Crippen molar-refractivity contribution < 1.29 is 9.53 Å². The van der Waals surface area contributed by atoms with E-state index < -0.39 is 0 Å². The quantitative estimate of drug-likeness (QED) is 0.157. The third-order valence-corrected chi connectivity index (χ3v) is 4.30. The summed E-state index contributed by atoms with van der Waals surface area (Å²) in [4.78, 5) is 13.2. The van der Waals surface area contributed by atoms with Crippen LogP contribution < -0.4 is 0 Å². The summed E-state index contributed by atoms with van der Waals surface area (Å²) < 4.78 is 5.14. The third kappa shape index (κ3) is 24.1. The SMILES string of the molecule is CCCCOC(=O)CCCCCCCC#CC#CCCCC/C=C/C#C/C=C/Br. The first-order valence-corrected chi connectivity index (χ1v) is 11.8. The van der Waals surface area contributed by atoms with E-state index in [0.717, 1.165) is 77.0 Å². The van der Waals surface area contributed by atoms with E-state index in [2.05, 4.69) is 64.5 Å². The number of ether oxygens (including phenoxy) is 1. The Morgan fingerprint density at radius 2 is 1.52 bits per heavy atom. The Labute approximate surface area is 187 Å². The summed E-state index contributed by atoms with van der Waals surface area (Å²) in [7, 11) is 0. The number of unbranched alkanes of at least 4 members (excludes halogenated alkanes) is 9. The Morgan fingerprint density at radius 1 is 0.862 bits per heavy atom. The first-order valence-electron chi connectivity index (χ1n) is 10.8. The van der Waals surface area contributed by atoms with E-state index in [1.54, 1.807) is 11.1 Å². The Balaban J connectivity index is 3.44. The van der Waals surface area contributed by atoms with Gasteiger partial charge < -0.3 is 4.74 Å². The largest absolute Gasteiger partial charge is 0.466 e. The Bertz CT molecular complexity index is 641. The number of esters is 1. The molecule has 3 heteroatoms. The minimum absolute atomic E-state index is 0.0489. The van der Waals surface area contributed by atoms with Gasteiger partial charge in [-0.3, -0.25) is 4.79 Å². The Hall–Kier alpha value is -1.89. The molecular weight excluding hydrogens is 424 g/mol. The van der Waals surface area contributed by atoms with Gasteiger partial charge >= 0.3 is 5.97 Å². The van der Waals surface area contributed by atoms with Gasteiger partial charge in [-0.1, -0.05) is 78.3 Å². The maximum Gasteiger partial charge on any atom is 0.305 e. The second kappa shape index (κ2) is 24.1. The van der Waals surface area contributed by atoms with Gasteiger partial charge in [0.15, 0.2) is 0 Å². The predicted molar refractivity (Wildman–Crippen MR) is 127 cm³/mol. The predicted octanol–water partition coefficient (Wildman–Crippen LogP) is 7.10. The molecule has 0 aromatic heterocycles. The van der Waals surface area contributed by atoms with E-state index in [1.165, 1.54) is 0 Å². The highest BCUT2D eigenvalue weighted by molar-refractivity contribution is 9.11. The minimum Gasteiger partial charge on any atom is -0.466 e. The lowest BCUT2D eigenvalue weighted by atomic mass is 10.1. The van der Waals surface area contributed by atoms with Crippen molar-refractivity contribution in [3.8, 4) is 35.5 Å². The zero-order chi connectivity index (χ0) is 21.3. The highest BCUT2D eigenvalue weighted by atomic mass is 79.9. The smallest absolute Gasteiger partial charge is 0.305 e. The minimum atomic E-state index is -0.0489. The summed E-state index contributed by atoms with van der Waals surface area (Å²) in [6, 6.07) is 0. The maximum atomic E-state index is 11.4. The second-order valence-electron chi connectivity index (χ2n) is 6.67. The van der Waals surface area contributed by atoms with E-state index in [9.17, 15) is 4.79 Å². The summed E-state index contributed by atoms with van der Waals surface area (Å²) >= 11 is 3.17. The van der Waals surface area contributed by atoms with Crippen LogP contribution in [0.15, 0.2) is 23.2 Å². The summed E-state index contributed by atoms with van der Waals surface area (Å²) in [6.45, 7) is 2.66. The van der Waals surface area contributed by atoms with Crippen molar-refractivity contribution >= 4 is 21.9 Å². The highest BCUT2D eigenvalue weighted by Crippen LogP contribution is 2.07. The summed E-state index contributed by atoms with van der Waals surface area (Å²) in [6.07, 6.45) is 18.9. The molecule has 0 N–H and O–H groups in total. The van der Waals surface area contributed by atoms with Crippen LogP contribution >= 0.6 is 15.9 Å². The molecule has 158 valence electrons. The number of halogens is 1. The van der Waals surface area contributed by atoms with Crippen molar-refractivity contribution in [3.63, 3.8) is 0 Å². The lowest BCUT2D eigenvalue weighted by Gasteiger charge is -2.03. The molecule has 0 aliphatic rings. The van der Waals surface area contributed by atoms with Crippen molar-refractivity contribution in [1.82, 2.24) is 0 Å². The van der Waals surface area contributed by atoms with Crippen molar-refractivity contribution in [3.05, 3.63) is 23.2 Å². The number of carbonyl (C=O) groups is 1. The molecule has 0 aliphatic carbocycles. The van der Waals surface area contributed by atoms with E-state index in [1.807, 2.05) is 6.08 Å². The van der Waals surface area contributed by atoms with Crippen LogP contribution in [0.2, 0.25) is 0 Å². The van der Waals surface area contributed by atoms with Crippen LogP contribution in [0.25, 0.3) is 0 Å². The first kappa shape index (κ1) is 27.1. The molecule has 0 spiro atoms. The lowest BCUT2D eigenvalue weighted by Crippen LogP contribution is -2.05. The monoisotopic (exact) mass is 458 g/mol. The first-order chi connectivity index (χ1) is 14.3. The third-order valence-electron chi connectivity index (χ3n) is 4.04. The average molecular weight is 459 g/mol. The van der Waals surface area contributed by atoms with E-state index >= 15 is 0 Å². The number of allylic oxidation sites excluding steroid dienone is 3. The van der Waals surface area contributed by atoms with E-state index in [0.29, 0.717) is 13.0 Å². The maximum absolute atomic E-state index is 11.4. The molecule has 0 bridgehead atoms. The number of hydrogen-bond donors (Lipinski definition) is 0. The standard InChI is InChI=1S/C26H35BrO2/c1-2-3-25-29-26(28)23-21-19-17-15-13-11-9-7-5-4-6-8-10-12-14-16-18-20-22-24-27/h14,16,22,24H,2-3,6,8,10-13,15,17,19,21,23,25H2,1H3/b16-14+,24-22+. The molecule has 0 aromatic rings. The van der Waals surface area contributed by atoms with Crippen LogP contribution in [0, 0.1) is 35.5 Å². The van der Waals surface area contributed by atoms with Gasteiger partial charge in [0.2, 0.25) is 0 Å². The topological polar surface area (TPSA) is 26.3 Å². The lowest BCUT2D eigenvalue weighted by molar-refractivity contribution is -0.143. The van der Waals surface area contributed by atoms with Gasteiger partial charge in [0.1, 0.15) is 0 Å². The van der Waals surface area contributed by atoms with Crippen LogP contribution in [0.5, 0.6) is 0 Å². The molecule has 2 nitrogen and oxygen atoms in total. The zero-order valence-electron chi connectivity index (χ0n) is 17.9. The normalized spacial score (nSPS) is 10.0. The van der Waals surface area contributed by atoms with Crippen LogP contribution in [0.3, 0.4) is 0 Å². The van der Waals surface area contributed by atoms with E-state index in [-0.39, 0.29) is 5.97 Å². The fourth-order valence-corrected chi connectivity index (χ4v) is 2.51. The van der Waals surface area contributed by atoms with Crippen molar-refractivity contribution in [1.29, 1.82) is 0 Å². The molecule has 0 rings (SSSR count). The molecule has 0 radical (unpaired) electrons. The van der Waals surface area contributed by atoms with Gasteiger partial charge in [-0.25, -0.2) is 0 Å². The van der Waals surface area contributed by atoms with E-state index in [4.69, 9.17) is 4.74 Å². The van der Waals surface area contributed by atoms with Crippen LogP contribution in [0.4, 0.5) is 0 Å². The van der Waals surface area contributed by atoms with Gasteiger partial charge in [-0.05, 0) is 67.5 Å². The molecular formula is C26H35BrO2. The zero-order valence-corrected chi connectivity index (χ0v) is 19.5. The molecule has 0 heterocycles. The van der Waals surface area contributed by atoms with Crippen LogP contribution in [-0.2, 0) is 9.53 Å². The second-order valence-corrected chi connectivity index (χ2v) is 7.20. The molecule has 0 saturated carbocycles. The van der Waals surface area contributed by atoms with Crippen molar-refractivity contribution in [2.24, 2.45) is 0 Å². The molecule has 0 saturated heterocycles. The van der Waals surface area contributed by atoms with Crippen molar-refractivity contribution in [2.45, 2.75) is 90.4 Å². The van der Waals surface area contributed by atoms with Crippen LogP contribution in [-0.4, -0.2) is 12.6 Å². The molecule has 0 unspecified atom stereocenters. The molecule has 0 aliphatic heterocycles. The van der Waals surface area contributed by atoms with Crippen LogP contribution in [0.1, 0.15) is 90.4 Å². The molecule has 0 fully saturated rings. The van der Waals surface area contributed by atoms with Gasteiger partial charge in [-0.2, -0.15) is 0 Å².